The van der Waals surface area contributed by atoms with Gasteiger partial charge in [0.1, 0.15) is 0 Å². The molecule has 1 aliphatic heterocycles. The van der Waals surface area contributed by atoms with Gasteiger partial charge in [0.15, 0.2) is 6.10 Å². The predicted molar refractivity (Wildman–Crippen MR) is 171 cm³/mol. The van der Waals surface area contributed by atoms with Gasteiger partial charge in [-0.3, -0.25) is 14.5 Å². The van der Waals surface area contributed by atoms with E-state index in [4.69, 9.17) is 0 Å². The number of benzene rings is 4. The van der Waals surface area contributed by atoms with Crippen LogP contribution in [0, 0.1) is 0 Å². The summed E-state index contributed by atoms with van der Waals surface area (Å²) in [4.78, 5) is 42.7. The number of aliphatic carboxylic acids is 1. The number of amides is 2. The molecule has 230 valence electrons. The van der Waals surface area contributed by atoms with Gasteiger partial charge in [0.25, 0.3) is 11.8 Å². The van der Waals surface area contributed by atoms with Crippen LogP contribution in [0.4, 0.5) is 0 Å². The van der Waals surface area contributed by atoms with E-state index in [1.807, 2.05) is 23.1 Å². The molecule has 1 aliphatic carbocycles. The summed E-state index contributed by atoms with van der Waals surface area (Å²) in [6, 6.07) is 31.9. The summed E-state index contributed by atoms with van der Waals surface area (Å²) in [5.74, 6) is -2.13. The highest BCUT2D eigenvalue weighted by atomic mass is 16.4. The number of piperazine rings is 1. The fraction of sp³-hybridized carbons (Fsp3) is 0.270. The van der Waals surface area contributed by atoms with Crippen molar-refractivity contribution < 1.29 is 24.6 Å². The lowest BCUT2D eigenvalue weighted by Gasteiger charge is -2.40. The maximum absolute atomic E-state index is 13.6. The van der Waals surface area contributed by atoms with Crippen LogP contribution in [0.1, 0.15) is 54.6 Å². The Bertz CT molecular complexity index is 1630. The van der Waals surface area contributed by atoms with E-state index in [0.29, 0.717) is 31.7 Å². The minimum absolute atomic E-state index is 0.133. The molecule has 0 spiro atoms. The van der Waals surface area contributed by atoms with Crippen molar-refractivity contribution in [3.05, 3.63) is 142 Å². The van der Waals surface area contributed by atoms with Gasteiger partial charge in [-0.1, -0.05) is 84.9 Å². The molecule has 1 saturated heterocycles. The smallest absolute Gasteiger partial charge is 0.334 e. The fourth-order valence-corrected chi connectivity index (χ4v) is 6.58. The molecule has 0 unspecified atom stereocenters. The largest absolute Gasteiger partial charge is 0.479 e. The van der Waals surface area contributed by atoms with Crippen LogP contribution in [0.25, 0.3) is 0 Å². The van der Waals surface area contributed by atoms with Crippen molar-refractivity contribution in [3.63, 3.8) is 0 Å². The maximum atomic E-state index is 13.6. The van der Waals surface area contributed by atoms with Gasteiger partial charge in [0.2, 0.25) is 0 Å². The number of nitrogens with one attached hydrogen (secondary N) is 1. The number of carboxylic acids is 1. The van der Waals surface area contributed by atoms with E-state index in [9.17, 15) is 24.6 Å². The zero-order valence-electron chi connectivity index (χ0n) is 25.0. The van der Waals surface area contributed by atoms with Crippen LogP contribution in [0.2, 0.25) is 0 Å². The molecule has 2 amide bonds. The fourth-order valence-electron chi connectivity index (χ4n) is 6.58. The third-order valence-electron chi connectivity index (χ3n) is 8.95. The van der Waals surface area contributed by atoms with Gasteiger partial charge in [0, 0.05) is 37.3 Å². The number of aryl methyl sites for hydroxylation is 2. The number of carboxylic acid groups (broad SMARTS) is 1. The summed E-state index contributed by atoms with van der Waals surface area (Å²) in [5.41, 5.74) is 6.80. The second-order valence-electron chi connectivity index (χ2n) is 11.8. The molecule has 2 atom stereocenters. The van der Waals surface area contributed by atoms with Crippen LogP contribution in [0.5, 0.6) is 0 Å². The SMILES string of the molecule is O=C(N[C@@H](Cc1ccccc1)[C@@H](O)C(=O)O)c1cccc(C(=O)N2CCN(C3c4ccccc4CCc4ccccc43)CC2)c1. The Morgan fingerprint density at radius 2 is 1.31 bits per heavy atom. The lowest BCUT2D eigenvalue weighted by molar-refractivity contribution is -0.148. The molecule has 8 heteroatoms. The number of aliphatic hydroxyl groups is 1. The number of nitrogens with zero attached hydrogens (tertiary/aromatic N) is 2. The average Bonchev–Trinajstić information content (AvgIpc) is 3.25. The molecule has 6 rings (SSSR count). The average molecular weight is 604 g/mol. The molecular weight excluding hydrogens is 566 g/mol. The van der Waals surface area contributed by atoms with Gasteiger partial charge in [-0.2, -0.15) is 0 Å². The number of fused-ring (bicyclic) bond motifs is 2. The monoisotopic (exact) mass is 603 g/mol. The molecule has 0 aromatic heterocycles. The molecule has 3 N–H and O–H groups in total. The number of hydrogen-bond donors (Lipinski definition) is 3. The van der Waals surface area contributed by atoms with Crippen LogP contribution in [-0.4, -0.2) is 76.1 Å². The van der Waals surface area contributed by atoms with E-state index >= 15 is 0 Å². The molecule has 4 aromatic carbocycles. The molecule has 0 bridgehead atoms. The normalized spacial score (nSPS) is 16.5. The minimum atomic E-state index is -1.79. The van der Waals surface area contributed by atoms with Crippen molar-refractivity contribution in [3.8, 4) is 0 Å². The van der Waals surface area contributed by atoms with Crippen molar-refractivity contribution >= 4 is 17.8 Å². The van der Waals surface area contributed by atoms with E-state index in [-0.39, 0.29) is 23.9 Å². The Balaban J connectivity index is 1.15. The van der Waals surface area contributed by atoms with Crippen molar-refractivity contribution in [2.75, 3.05) is 26.2 Å². The lowest BCUT2D eigenvalue weighted by atomic mass is 9.92. The van der Waals surface area contributed by atoms with E-state index in [1.165, 1.54) is 28.3 Å². The zero-order valence-corrected chi connectivity index (χ0v) is 25.0. The number of rotatable bonds is 8. The van der Waals surface area contributed by atoms with E-state index in [1.54, 1.807) is 30.3 Å². The van der Waals surface area contributed by atoms with E-state index in [0.717, 1.165) is 18.4 Å². The second-order valence-corrected chi connectivity index (χ2v) is 11.8. The standard InChI is InChI=1S/C37H37N3O5/c41-34(37(44)45)32(23-25-9-2-1-3-10-25)38-35(42)28-13-8-14-29(24-28)36(43)40-21-19-39(20-22-40)33-30-15-6-4-11-26(30)17-18-27-12-5-7-16-31(27)33/h1-16,24,32-34,41H,17-23H2,(H,38,42)(H,44,45)/t32-,34+/m0/s1. The zero-order chi connectivity index (χ0) is 31.3. The first-order valence-electron chi connectivity index (χ1n) is 15.4. The van der Waals surface area contributed by atoms with Gasteiger partial charge >= 0.3 is 5.97 Å². The first-order chi connectivity index (χ1) is 21.9. The molecule has 0 radical (unpaired) electrons. The van der Waals surface area contributed by atoms with Crippen LogP contribution in [0.3, 0.4) is 0 Å². The second kappa shape index (κ2) is 13.5. The summed E-state index contributed by atoms with van der Waals surface area (Å²) in [7, 11) is 0. The van der Waals surface area contributed by atoms with Crippen molar-refractivity contribution in [2.45, 2.75) is 37.5 Å². The molecule has 8 nitrogen and oxygen atoms in total. The van der Waals surface area contributed by atoms with Crippen LogP contribution in [-0.2, 0) is 24.1 Å². The van der Waals surface area contributed by atoms with Crippen LogP contribution >= 0.6 is 0 Å². The summed E-state index contributed by atoms with van der Waals surface area (Å²) < 4.78 is 0. The molecular formula is C37H37N3O5. The Morgan fingerprint density at radius 3 is 1.93 bits per heavy atom. The van der Waals surface area contributed by atoms with E-state index in [2.05, 4.69) is 58.7 Å². The summed E-state index contributed by atoms with van der Waals surface area (Å²) in [6.45, 7) is 2.54. The lowest BCUT2D eigenvalue weighted by Crippen LogP contribution is -2.50. The Morgan fingerprint density at radius 1 is 0.733 bits per heavy atom. The third-order valence-corrected chi connectivity index (χ3v) is 8.95. The highest BCUT2D eigenvalue weighted by molar-refractivity contribution is 6.00. The highest BCUT2D eigenvalue weighted by Crippen LogP contribution is 2.37. The molecule has 4 aromatic rings. The van der Waals surface area contributed by atoms with Crippen LogP contribution < -0.4 is 5.32 Å². The molecule has 2 aliphatic rings. The predicted octanol–water partition coefficient (Wildman–Crippen LogP) is 4.12. The molecule has 1 heterocycles. The first kappa shape index (κ1) is 30.2. The van der Waals surface area contributed by atoms with Gasteiger partial charge in [-0.25, -0.2) is 4.79 Å². The van der Waals surface area contributed by atoms with E-state index < -0.39 is 24.0 Å². The summed E-state index contributed by atoms with van der Waals surface area (Å²) in [6.07, 6.45) is 0.365. The third kappa shape index (κ3) is 6.67. The Hall–Kier alpha value is -4.79. The summed E-state index contributed by atoms with van der Waals surface area (Å²) in [5, 5.41) is 22.4. The summed E-state index contributed by atoms with van der Waals surface area (Å²) >= 11 is 0. The Labute approximate surface area is 262 Å². The molecule has 0 saturated carbocycles. The topological polar surface area (TPSA) is 110 Å². The number of carbonyl (C=O) groups excluding carboxylic acids is 2. The van der Waals surface area contributed by atoms with Gasteiger partial charge in [0.05, 0.1) is 12.1 Å². The van der Waals surface area contributed by atoms with Crippen LogP contribution in [0.15, 0.2) is 103 Å². The van der Waals surface area contributed by atoms with Gasteiger partial charge in [-0.05, 0) is 65.3 Å². The van der Waals surface area contributed by atoms with Gasteiger partial charge in [-0.15, -0.1) is 0 Å². The Kier molecular flexibility index (Phi) is 9.05. The number of aliphatic hydroxyl groups excluding tert-OH is 1. The highest BCUT2D eigenvalue weighted by Gasteiger charge is 2.33. The van der Waals surface area contributed by atoms with Crippen molar-refractivity contribution in [1.82, 2.24) is 15.1 Å². The number of hydrogen-bond acceptors (Lipinski definition) is 5. The molecule has 45 heavy (non-hydrogen) atoms. The first-order valence-corrected chi connectivity index (χ1v) is 15.4. The van der Waals surface area contributed by atoms with Gasteiger partial charge < -0.3 is 20.4 Å². The minimum Gasteiger partial charge on any atom is -0.479 e. The van der Waals surface area contributed by atoms with Crippen molar-refractivity contribution in [1.29, 1.82) is 0 Å². The van der Waals surface area contributed by atoms with Crippen molar-refractivity contribution in [2.24, 2.45) is 0 Å². The molecule has 1 fully saturated rings. The number of carbonyl (C=O) groups is 3. The quantitative estimate of drug-likeness (QED) is 0.280. The maximum Gasteiger partial charge on any atom is 0.334 e.